The normalized spacial score (nSPS) is 22.0. The summed E-state index contributed by atoms with van der Waals surface area (Å²) in [4.78, 5) is 4.15. The van der Waals surface area contributed by atoms with Crippen LogP contribution in [0, 0.1) is 0 Å². The summed E-state index contributed by atoms with van der Waals surface area (Å²) < 4.78 is 26.8. The van der Waals surface area contributed by atoms with Crippen LogP contribution in [0.1, 0.15) is 39.3 Å². The zero-order valence-electron chi connectivity index (χ0n) is 13.1. The summed E-state index contributed by atoms with van der Waals surface area (Å²) in [6.07, 6.45) is 4.72. The lowest BCUT2D eigenvalue weighted by Gasteiger charge is -2.25. The monoisotopic (exact) mass is 326 g/mol. The smallest absolute Gasteiger partial charge is 0.200 e. The maximum absolute atomic E-state index is 12.6. The fourth-order valence-electron chi connectivity index (χ4n) is 2.02. The highest BCUT2D eigenvalue weighted by Gasteiger charge is 2.37. The maximum Gasteiger partial charge on any atom is 0.200 e. The molecule has 2 heterocycles. The number of nitrogens with two attached hydrogens (primary N) is 2. The third-order valence-corrected chi connectivity index (χ3v) is 5.50. The summed E-state index contributed by atoms with van der Waals surface area (Å²) in [6.45, 7) is 7.02. The molecular weight excluding hydrogens is 304 g/mol. The van der Waals surface area contributed by atoms with E-state index >= 15 is 0 Å². The highest BCUT2D eigenvalue weighted by molar-refractivity contribution is 7.92. The number of hydrogen-bond acceptors (Lipinski definition) is 7. The molecule has 5 N–H and O–H groups in total. The standard InChI is InChI=1S/C13H22N6O2S/c1-8(2)19-7-10(11(18-19)22(20,21)9(3)4)13(15)5-6-16-12(14)17-13/h5-9H,15H2,1-4H3,(H3,14,16,17). The molecule has 9 heteroatoms. The summed E-state index contributed by atoms with van der Waals surface area (Å²) >= 11 is 0. The molecule has 0 aliphatic carbocycles. The molecule has 0 spiro atoms. The van der Waals surface area contributed by atoms with Gasteiger partial charge in [0.1, 0.15) is 0 Å². The minimum Gasteiger partial charge on any atom is -0.370 e. The summed E-state index contributed by atoms with van der Waals surface area (Å²) in [5.74, 6) is 0.121. The van der Waals surface area contributed by atoms with Crippen molar-refractivity contribution >= 4 is 15.8 Å². The molecule has 8 nitrogen and oxygen atoms in total. The molecule has 22 heavy (non-hydrogen) atoms. The van der Waals surface area contributed by atoms with E-state index < -0.39 is 20.8 Å². The van der Waals surface area contributed by atoms with Crippen molar-refractivity contribution in [1.82, 2.24) is 15.1 Å². The minimum absolute atomic E-state index is 0.00881. The summed E-state index contributed by atoms with van der Waals surface area (Å²) in [7, 11) is -3.60. The van der Waals surface area contributed by atoms with Gasteiger partial charge in [-0.25, -0.2) is 13.4 Å². The van der Waals surface area contributed by atoms with Crippen molar-refractivity contribution < 1.29 is 8.42 Å². The molecule has 0 amide bonds. The Kier molecular flexibility index (Phi) is 4.05. The highest BCUT2D eigenvalue weighted by atomic mass is 32.2. The Morgan fingerprint density at radius 3 is 2.45 bits per heavy atom. The number of sulfone groups is 1. The van der Waals surface area contributed by atoms with Crippen molar-refractivity contribution in [2.24, 2.45) is 16.5 Å². The van der Waals surface area contributed by atoms with Crippen LogP contribution in [-0.4, -0.2) is 29.4 Å². The Balaban J connectivity index is 2.70. The van der Waals surface area contributed by atoms with Crippen LogP contribution < -0.4 is 16.8 Å². The second-order valence-electron chi connectivity index (χ2n) is 5.82. The van der Waals surface area contributed by atoms with E-state index in [2.05, 4.69) is 15.4 Å². The van der Waals surface area contributed by atoms with E-state index in [4.69, 9.17) is 11.5 Å². The molecule has 1 aliphatic heterocycles. The number of aromatic nitrogens is 2. The van der Waals surface area contributed by atoms with E-state index in [0.717, 1.165) is 0 Å². The first-order valence-corrected chi connectivity index (χ1v) is 8.54. The molecule has 2 rings (SSSR count). The van der Waals surface area contributed by atoms with Crippen molar-refractivity contribution in [3.05, 3.63) is 24.0 Å². The third kappa shape index (κ3) is 2.73. The SMILES string of the molecule is CC(C)n1cc(C2(N)C=CNC(N)=N2)c(S(=O)(=O)C(C)C)n1. The quantitative estimate of drug-likeness (QED) is 0.724. The molecule has 1 unspecified atom stereocenters. The molecular formula is C13H22N6O2S. The van der Waals surface area contributed by atoms with Crippen LogP contribution in [0.5, 0.6) is 0 Å². The molecule has 1 aliphatic rings. The van der Waals surface area contributed by atoms with Gasteiger partial charge in [-0.1, -0.05) is 0 Å². The van der Waals surface area contributed by atoms with Crippen LogP contribution in [0.25, 0.3) is 0 Å². The lowest BCUT2D eigenvalue weighted by Crippen LogP contribution is -2.43. The van der Waals surface area contributed by atoms with Crippen LogP contribution in [0.2, 0.25) is 0 Å². The first-order chi connectivity index (χ1) is 10.1. The number of hydrogen-bond donors (Lipinski definition) is 3. The second kappa shape index (κ2) is 5.40. The van der Waals surface area contributed by atoms with Gasteiger partial charge in [0.15, 0.2) is 26.5 Å². The topological polar surface area (TPSA) is 128 Å². The first kappa shape index (κ1) is 16.5. The minimum atomic E-state index is -3.60. The molecule has 122 valence electrons. The average Bonchev–Trinajstić information content (AvgIpc) is 2.84. The van der Waals surface area contributed by atoms with E-state index in [1.54, 1.807) is 37.0 Å². The van der Waals surface area contributed by atoms with Crippen LogP contribution in [0.4, 0.5) is 0 Å². The average molecular weight is 326 g/mol. The maximum atomic E-state index is 12.6. The summed E-state index contributed by atoms with van der Waals surface area (Å²) in [5, 5.41) is 6.27. The number of rotatable bonds is 4. The van der Waals surface area contributed by atoms with Gasteiger partial charge in [-0.3, -0.25) is 10.4 Å². The summed E-state index contributed by atoms with van der Waals surface area (Å²) in [5.41, 5.74) is 10.9. The Labute approximate surface area is 130 Å². The zero-order chi connectivity index (χ0) is 16.7. The van der Waals surface area contributed by atoms with Crippen LogP contribution >= 0.6 is 0 Å². The highest BCUT2D eigenvalue weighted by Crippen LogP contribution is 2.31. The van der Waals surface area contributed by atoms with Crippen molar-refractivity contribution in [1.29, 1.82) is 0 Å². The third-order valence-electron chi connectivity index (χ3n) is 3.42. The largest absolute Gasteiger partial charge is 0.370 e. The Morgan fingerprint density at radius 2 is 1.95 bits per heavy atom. The van der Waals surface area contributed by atoms with Crippen LogP contribution in [0.3, 0.4) is 0 Å². The molecule has 0 saturated carbocycles. The van der Waals surface area contributed by atoms with Gasteiger partial charge in [0, 0.05) is 18.4 Å². The fourth-order valence-corrected chi connectivity index (χ4v) is 3.20. The van der Waals surface area contributed by atoms with E-state index in [1.807, 2.05) is 13.8 Å². The number of aliphatic imine (C=N–C) groups is 1. The van der Waals surface area contributed by atoms with E-state index in [9.17, 15) is 8.42 Å². The lowest BCUT2D eigenvalue weighted by atomic mass is 10.0. The molecule has 1 aromatic heterocycles. The van der Waals surface area contributed by atoms with E-state index in [0.29, 0.717) is 5.56 Å². The van der Waals surface area contributed by atoms with Gasteiger partial charge in [0.2, 0.25) is 0 Å². The van der Waals surface area contributed by atoms with Gasteiger partial charge in [-0.05, 0) is 33.8 Å². The Hall–Kier alpha value is -1.87. The van der Waals surface area contributed by atoms with Gasteiger partial charge in [0.25, 0.3) is 0 Å². The Morgan fingerprint density at radius 1 is 1.32 bits per heavy atom. The molecule has 0 saturated heterocycles. The van der Waals surface area contributed by atoms with Crippen molar-refractivity contribution in [2.45, 2.75) is 49.7 Å². The summed E-state index contributed by atoms with van der Waals surface area (Å²) in [6, 6.07) is -0.00881. The van der Waals surface area contributed by atoms with Crippen molar-refractivity contribution in [2.75, 3.05) is 0 Å². The number of nitrogens with one attached hydrogen (secondary N) is 1. The molecule has 0 radical (unpaired) electrons. The zero-order valence-corrected chi connectivity index (χ0v) is 13.9. The van der Waals surface area contributed by atoms with Crippen LogP contribution in [0.15, 0.2) is 28.5 Å². The van der Waals surface area contributed by atoms with E-state index in [1.165, 1.54) is 0 Å². The van der Waals surface area contributed by atoms with Crippen molar-refractivity contribution in [3.8, 4) is 0 Å². The number of nitrogens with zero attached hydrogens (tertiary/aromatic N) is 3. The molecule has 0 aromatic carbocycles. The van der Waals surface area contributed by atoms with Crippen molar-refractivity contribution in [3.63, 3.8) is 0 Å². The van der Waals surface area contributed by atoms with E-state index in [-0.39, 0.29) is 17.0 Å². The molecule has 0 fully saturated rings. The predicted molar refractivity (Wildman–Crippen MR) is 84.7 cm³/mol. The van der Waals surface area contributed by atoms with Gasteiger partial charge >= 0.3 is 0 Å². The number of guanidine groups is 1. The molecule has 0 bridgehead atoms. The Bertz CT molecular complexity index is 732. The molecule has 1 aromatic rings. The predicted octanol–water partition coefficient (Wildman–Crippen LogP) is 0.189. The van der Waals surface area contributed by atoms with Gasteiger partial charge in [-0.2, -0.15) is 5.10 Å². The first-order valence-electron chi connectivity index (χ1n) is 7.00. The van der Waals surface area contributed by atoms with Gasteiger partial charge in [-0.15, -0.1) is 0 Å². The lowest BCUT2D eigenvalue weighted by molar-refractivity contribution is 0.515. The second-order valence-corrected chi connectivity index (χ2v) is 8.24. The van der Waals surface area contributed by atoms with Crippen LogP contribution in [-0.2, 0) is 15.5 Å². The fraction of sp³-hybridized carbons (Fsp3) is 0.538. The van der Waals surface area contributed by atoms with Gasteiger partial charge in [0.05, 0.1) is 10.8 Å². The van der Waals surface area contributed by atoms with Gasteiger partial charge < -0.3 is 11.1 Å². The molecule has 1 atom stereocenters.